The van der Waals surface area contributed by atoms with Crippen molar-refractivity contribution in [1.29, 1.82) is 0 Å². The summed E-state index contributed by atoms with van der Waals surface area (Å²) in [7, 11) is 0. The van der Waals surface area contributed by atoms with E-state index in [9.17, 15) is 0 Å². The third-order valence-corrected chi connectivity index (χ3v) is 3.82. The lowest BCUT2D eigenvalue weighted by Gasteiger charge is -2.13. The first kappa shape index (κ1) is 13.2. The van der Waals surface area contributed by atoms with E-state index >= 15 is 0 Å². The van der Waals surface area contributed by atoms with E-state index in [1.807, 2.05) is 0 Å². The summed E-state index contributed by atoms with van der Waals surface area (Å²) >= 11 is 0. The number of fused-ring (bicyclic) bond motifs is 3. The lowest BCUT2D eigenvalue weighted by atomic mass is 10.1. The van der Waals surface area contributed by atoms with Gasteiger partial charge in [-0.2, -0.15) is 0 Å². The average Bonchev–Trinajstić information content (AvgIpc) is 2.92. The summed E-state index contributed by atoms with van der Waals surface area (Å²) in [5.41, 5.74) is 1.01. The van der Waals surface area contributed by atoms with Gasteiger partial charge in [0.1, 0.15) is 11.3 Å². The van der Waals surface area contributed by atoms with Gasteiger partial charge in [0.05, 0.1) is 6.04 Å². The third-order valence-electron chi connectivity index (χ3n) is 3.82. The Morgan fingerprint density at radius 2 is 1.85 bits per heavy atom. The molecule has 0 amide bonds. The van der Waals surface area contributed by atoms with Gasteiger partial charge in [0.2, 0.25) is 0 Å². The van der Waals surface area contributed by atoms with Gasteiger partial charge in [0.25, 0.3) is 0 Å². The fourth-order valence-corrected chi connectivity index (χ4v) is 2.72. The molecule has 1 aromatic heterocycles. The monoisotopic (exact) mass is 267 g/mol. The van der Waals surface area contributed by atoms with E-state index in [0.29, 0.717) is 6.04 Å². The number of benzene rings is 2. The number of hydrogen-bond donors (Lipinski definition) is 1. The average molecular weight is 267 g/mol. The molecule has 1 heterocycles. The summed E-state index contributed by atoms with van der Waals surface area (Å²) in [6, 6.07) is 15.2. The number of hydrogen-bond acceptors (Lipinski definition) is 2. The molecule has 3 rings (SSSR count). The van der Waals surface area contributed by atoms with Crippen molar-refractivity contribution in [2.24, 2.45) is 0 Å². The molecule has 104 valence electrons. The van der Waals surface area contributed by atoms with Gasteiger partial charge in [0.15, 0.2) is 0 Å². The highest BCUT2D eigenvalue weighted by Crippen LogP contribution is 2.31. The molecule has 2 aromatic carbocycles. The van der Waals surface area contributed by atoms with E-state index < -0.39 is 0 Å². The largest absolute Gasteiger partial charge is 0.459 e. The SMILES string of the molecule is CCCNC(CC)c1cc2ccc3ccccc3c2o1. The second-order valence-electron chi connectivity index (χ2n) is 5.27. The molecular weight excluding hydrogens is 246 g/mol. The molecule has 0 fully saturated rings. The molecule has 0 saturated carbocycles. The van der Waals surface area contributed by atoms with Gasteiger partial charge in [-0.05, 0) is 30.8 Å². The summed E-state index contributed by atoms with van der Waals surface area (Å²) in [5, 5.41) is 7.17. The van der Waals surface area contributed by atoms with Gasteiger partial charge in [-0.3, -0.25) is 0 Å². The molecule has 1 atom stereocenters. The van der Waals surface area contributed by atoms with Gasteiger partial charge < -0.3 is 9.73 Å². The fraction of sp³-hybridized carbons (Fsp3) is 0.333. The standard InChI is InChI=1S/C18H21NO/c1-3-11-19-16(4-2)17-12-14-10-9-13-7-5-6-8-15(13)18(14)20-17/h5-10,12,16,19H,3-4,11H2,1-2H3. The molecule has 0 aliphatic rings. The van der Waals surface area contributed by atoms with Crippen molar-refractivity contribution in [3.63, 3.8) is 0 Å². The van der Waals surface area contributed by atoms with Gasteiger partial charge in [-0.15, -0.1) is 0 Å². The van der Waals surface area contributed by atoms with Crippen LogP contribution in [0.2, 0.25) is 0 Å². The van der Waals surface area contributed by atoms with E-state index in [1.165, 1.54) is 16.2 Å². The van der Waals surface area contributed by atoms with E-state index in [2.05, 4.69) is 61.6 Å². The van der Waals surface area contributed by atoms with Crippen LogP contribution in [0, 0.1) is 0 Å². The van der Waals surface area contributed by atoms with Crippen molar-refractivity contribution in [1.82, 2.24) is 5.32 Å². The molecular formula is C18H21NO. The van der Waals surface area contributed by atoms with Crippen molar-refractivity contribution in [3.05, 3.63) is 48.2 Å². The van der Waals surface area contributed by atoms with Crippen LogP contribution in [0.25, 0.3) is 21.7 Å². The van der Waals surface area contributed by atoms with Crippen molar-refractivity contribution in [2.75, 3.05) is 6.54 Å². The minimum absolute atomic E-state index is 0.307. The highest BCUT2D eigenvalue weighted by molar-refractivity contribution is 6.04. The molecule has 0 radical (unpaired) electrons. The molecule has 0 saturated heterocycles. The Kier molecular flexibility index (Phi) is 3.75. The quantitative estimate of drug-likeness (QED) is 0.700. The van der Waals surface area contributed by atoms with Crippen LogP contribution in [0.4, 0.5) is 0 Å². The Bertz CT molecular complexity index is 714. The van der Waals surface area contributed by atoms with E-state index in [0.717, 1.165) is 30.7 Å². The maximum absolute atomic E-state index is 6.17. The smallest absolute Gasteiger partial charge is 0.142 e. The van der Waals surface area contributed by atoms with Gasteiger partial charge in [-0.25, -0.2) is 0 Å². The summed E-state index contributed by atoms with van der Waals surface area (Å²) < 4.78 is 6.17. The molecule has 0 aliphatic carbocycles. The Hall–Kier alpha value is -1.80. The van der Waals surface area contributed by atoms with Crippen molar-refractivity contribution in [2.45, 2.75) is 32.7 Å². The Morgan fingerprint density at radius 1 is 1.05 bits per heavy atom. The normalized spacial score (nSPS) is 13.1. The predicted octanol–water partition coefficient (Wildman–Crippen LogP) is 5.04. The van der Waals surface area contributed by atoms with Crippen LogP contribution in [0.15, 0.2) is 46.9 Å². The van der Waals surface area contributed by atoms with Gasteiger partial charge in [0, 0.05) is 10.8 Å². The maximum atomic E-state index is 6.17. The first-order valence-electron chi connectivity index (χ1n) is 7.48. The Labute approximate surface area is 119 Å². The minimum atomic E-state index is 0.307. The van der Waals surface area contributed by atoms with Crippen LogP contribution in [-0.4, -0.2) is 6.54 Å². The van der Waals surface area contributed by atoms with Crippen LogP contribution in [-0.2, 0) is 0 Å². The van der Waals surface area contributed by atoms with Crippen LogP contribution >= 0.6 is 0 Å². The molecule has 2 nitrogen and oxygen atoms in total. The number of nitrogens with one attached hydrogen (secondary N) is 1. The molecule has 0 aliphatic heterocycles. The van der Waals surface area contributed by atoms with Gasteiger partial charge in [-0.1, -0.05) is 50.2 Å². The third kappa shape index (κ3) is 2.32. The highest BCUT2D eigenvalue weighted by atomic mass is 16.3. The van der Waals surface area contributed by atoms with Crippen molar-refractivity contribution in [3.8, 4) is 0 Å². The summed E-state index contributed by atoms with van der Waals surface area (Å²) in [4.78, 5) is 0. The van der Waals surface area contributed by atoms with Crippen LogP contribution < -0.4 is 5.32 Å². The lowest BCUT2D eigenvalue weighted by Crippen LogP contribution is -2.20. The van der Waals surface area contributed by atoms with Crippen LogP contribution in [0.5, 0.6) is 0 Å². The maximum Gasteiger partial charge on any atom is 0.142 e. The van der Waals surface area contributed by atoms with Crippen LogP contribution in [0.1, 0.15) is 38.5 Å². The zero-order valence-electron chi connectivity index (χ0n) is 12.1. The van der Waals surface area contributed by atoms with E-state index in [-0.39, 0.29) is 0 Å². The number of rotatable bonds is 5. The van der Waals surface area contributed by atoms with E-state index in [4.69, 9.17) is 4.42 Å². The molecule has 20 heavy (non-hydrogen) atoms. The van der Waals surface area contributed by atoms with Crippen molar-refractivity contribution < 1.29 is 4.42 Å². The Morgan fingerprint density at radius 3 is 2.65 bits per heavy atom. The topological polar surface area (TPSA) is 25.2 Å². The molecule has 0 bridgehead atoms. The molecule has 1 N–H and O–H groups in total. The van der Waals surface area contributed by atoms with Crippen molar-refractivity contribution >= 4 is 21.7 Å². The Balaban J connectivity index is 2.07. The minimum Gasteiger partial charge on any atom is -0.459 e. The number of furan rings is 1. The summed E-state index contributed by atoms with van der Waals surface area (Å²) in [5.74, 6) is 1.05. The summed E-state index contributed by atoms with van der Waals surface area (Å²) in [6.07, 6.45) is 2.18. The second kappa shape index (κ2) is 5.68. The first-order chi connectivity index (χ1) is 9.83. The van der Waals surface area contributed by atoms with E-state index in [1.54, 1.807) is 0 Å². The lowest BCUT2D eigenvalue weighted by molar-refractivity contribution is 0.422. The second-order valence-corrected chi connectivity index (χ2v) is 5.27. The fourth-order valence-electron chi connectivity index (χ4n) is 2.72. The predicted molar refractivity (Wildman–Crippen MR) is 85.0 cm³/mol. The summed E-state index contributed by atoms with van der Waals surface area (Å²) in [6.45, 7) is 5.40. The molecule has 0 spiro atoms. The highest BCUT2D eigenvalue weighted by Gasteiger charge is 2.14. The van der Waals surface area contributed by atoms with Gasteiger partial charge >= 0.3 is 0 Å². The van der Waals surface area contributed by atoms with Crippen LogP contribution in [0.3, 0.4) is 0 Å². The zero-order chi connectivity index (χ0) is 13.9. The zero-order valence-corrected chi connectivity index (χ0v) is 12.1. The molecule has 1 unspecified atom stereocenters. The molecule has 2 heteroatoms. The first-order valence-corrected chi connectivity index (χ1v) is 7.48. The molecule has 3 aromatic rings.